The van der Waals surface area contributed by atoms with Gasteiger partial charge in [-0.1, -0.05) is 31.9 Å². The van der Waals surface area contributed by atoms with E-state index < -0.39 is 11.7 Å². The van der Waals surface area contributed by atoms with Gasteiger partial charge in [0.1, 0.15) is 23.0 Å². The third-order valence-corrected chi connectivity index (χ3v) is 7.16. The first-order chi connectivity index (χ1) is 19.6. The van der Waals surface area contributed by atoms with Gasteiger partial charge in [-0.2, -0.15) is 0 Å². The number of unbranched alkanes of at least 4 members (excludes halogenated alkanes) is 2. The molecule has 0 spiro atoms. The van der Waals surface area contributed by atoms with Crippen LogP contribution in [-0.2, 0) is 14.3 Å². The summed E-state index contributed by atoms with van der Waals surface area (Å²) in [7, 11) is 1.63. The highest BCUT2D eigenvalue weighted by Gasteiger charge is 2.38. The van der Waals surface area contributed by atoms with Crippen LogP contribution in [-0.4, -0.2) is 63.4 Å². The molecule has 3 heterocycles. The number of ketones is 1. The minimum atomic E-state index is -0.585. The highest BCUT2D eigenvalue weighted by Crippen LogP contribution is 2.30. The Morgan fingerprint density at radius 1 is 1.15 bits per heavy atom. The van der Waals surface area contributed by atoms with E-state index in [1.165, 1.54) is 0 Å². The molecule has 10 heteroatoms. The maximum Gasteiger partial charge on any atom is 0.410 e. The predicted molar refractivity (Wildman–Crippen MR) is 156 cm³/mol. The molecule has 1 atom stereocenters. The summed E-state index contributed by atoms with van der Waals surface area (Å²) < 4.78 is 11.0. The molecule has 1 fully saturated rings. The third-order valence-electron chi connectivity index (χ3n) is 7.16. The van der Waals surface area contributed by atoms with Crippen LogP contribution in [0, 0.1) is 5.92 Å². The van der Waals surface area contributed by atoms with Crippen molar-refractivity contribution >= 4 is 28.7 Å². The summed E-state index contributed by atoms with van der Waals surface area (Å²) in [5.74, 6) is 1.18. The number of nitrogens with one attached hydrogen (secondary N) is 2. The van der Waals surface area contributed by atoms with Crippen LogP contribution in [0.2, 0.25) is 0 Å². The zero-order chi connectivity index (χ0) is 29.6. The number of carbonyl (C=O) groups excluding carboxylic acids is 3. The molecule has 4 rings (SSSR count). The van der Waals surface area contributed by atoms with E-state index in [9.17, 15) is 14.4 Å². The van der Waals surface area contributed by atoms with Crippen LogP contribution in [0.4, 0.5) is 4.79 Å². The largest absolute Gasteiger partial charge is 0.496 e. The Bertz CT molecular complexity index is 1370. The fourth-order valence-electron chi connectivity index (χ4n) is 4.81. The van der Waals surface area contributed by atoms with Crippen molar-refractivity contribution in [2.45, 2.75) is 77.9 Å². The summed E-state index contributed by atoms with van der Waals surface area (Å²) in [6.07, 6.45) is 5.65. The van der Waals surface area contributed by atoms with E-state index in [2.05, 4.69) is 15.3 Å². The van der Waals surface area contributed by atoms with Gasteiger partial charge in [-0.25, -0.2) is 14.8 Å². The Hall–Kier alpha value is -3.95. The van der Waals surface area contributed by atoms with Crippen molar-refractivity contribution in [3.05, 3.63) is 42.4 Å². The van der Waals surface area contributed by atoms with E-state index in [0.29, 0.717) is 49.6 Å². The van der Waals surface area contributed by atoms with Gasteiger partial charge < -0.3 is 24.7 Å². The number of fused-ring (bicyclic) bond motifs is 1. The van der Waals surface area contributed by atoms with E-state index >= 15 is 0 Å². The summed E-state index contributed by atoms with van der Waals surface area (Å²) in [5.41, 5.74) is 1.63. The van der Waals surface area contributed by atoms with Gasteiger partial charge in [-0.05, 0) is 45.7 Å². The number of aromatic amines is 1. The van der Waals surface area contributed by atoms with Crippen molar-refractivity contribution in [2.24, 2.45) is 5.92 Å². The van der Waals surface area contributed by atoms with Crippen LogP contribution in [0.3, 0.4) is 0 Å². The van der Waals surface area contributed by atoms with Crippen molar-refractivity contribution in [3.8, 4) is 17.1 Å². The zero-order valence-corrected chi connectivity index (χ0v) is 24.7. The molecule has 1 aromatic carbocycles. The lowest BCUT2D eigenvalue weighted by molar-refractivity contribution is -0.130. The number of Topliss-reactive ketones (excluding diaryl/α,β-unsaturated/α-hetero) is 1. The lowest BCUT2D eigenvalue weighted by Gasteiger charge is -2.39. The maximum atomic E-state index is 13.2. The number of carbonyl (C=O) groups is 3. The molecule has 0 aliphatic carbocycles. The molecule has 2 N–H and O–H groups in total. The Kier molecular flexibility index (Phi) is 9.62. The zero-order valence-electron chi connectivity index (χ0n) is 24.7. The number of methoxy groups -OCH3 is 1. The molecule has 220 valence electrons. The molecule has 2 aromatic heterocycles. The number of aromatic nitrogens is 3. The number of hydrogen-bond donors (Lipinski definition) is 2. The monoisotopic (exact) mass is 563 g/mol. The second-order valence-corrected chi connectivity index (χ2v) is 11.5. The van der Waals surface area contributed by atoms with Crippen molar-refractivity contribution in [1.82, 2.24) is 25.2 Å². The van der Waals surface area contributed by atoms with E-state index in [0.717, 1.165) is 35.9 Å². The molecule has 2 amide bonds. The average molecular weight is 564 g/mol. The minimum Gasteiger partial charge on any atom is -0.496 e. The third kappa shape index (κ3) is 7.83. The van der Waals surface area contributed by atoms with Crippen molar-refractivity contribution in [2.75, 3.05) is 20.2 Å². The van der Waals surface area contributed by atoms with Crippen molar-refractivity contribution in [1.29, 1.82) is 0 Å². The number of H-pyrrole nitrogens is 1. The van der Waals surface area contributed by atoms with Crippen molar-refractivity contribution in [3.63, 3.8) is 0 Å². The molecule has 3 aromatic rings. The number of pyridine rings is 1. The number of hydrogen-bond acceptors (Lipinski definition) is 7. The van der Waals surface area contributed by atoms with Crippen LogP contribution < -0.4 is 10.1 Å². The number of nitrogens with zero attached hydrogens (tertiary/aromatic N) is 3. The highest BCUT2D eigenvalue weighted by atomic mass is 16.6. The molecular formula is C31H41N5O5. The van der Waals surface area contributed by atoms with Crippen LogP contribution in [0.5, 0.6) is 5.75 Å². The van der Waals surface area contributed by atoms with Crippen LogP contribution in [0.25, 0.3) is 22.3 Å². The maximum absolute atomic E-state index is 13.2. The van der Waals surface area contributed by atoms with Gasteiger partial charge in [0.25, 0.3) is 0 Å². The predicted octanol–water partition coefficient (Wildman–Crippen LogP) is 5.59. The second kappa shape index (κ2) is 13.1. The summed E-state index contributed by atoms with van der Waals surface area (Å²) >= 11 is 0. The topological polar surface area (TPSA) is 127 Å². The first-order valence-corrected chi connectivity index (χ1v) is 14.4. The Morgan fingerprint density at radius 3 is 2.61 bits per heavy atom. The first-order valence-electron chi connectivity index (χ1n) is 14.4. The minimum absolute atomic E-state index is 0.126. The molecular weight excluding hydrogens is 522 g/mol. The lowest BCUT2D eigenvalue weighted by atomic mass is 9.98. The van der Waals surface area contributed by atoms with Gasteiger partial charge in [0, 0.05) is 37.4 Å². The molecule has 0 unspecified atom stereocenters. The Morgan fingerprint density at radius 2 is 1.90 bits per heavy atom. The smallest absolute Gasteiger partial charge is 0.410 e. The highest BCUT2D eigenvalue weighted by molar-refractivity contribution is 5.87. The Balaban J connectivity index is 1.46. The lowest BCUT2D eigenvalue weighted by Crippen LogP contribution is -2.57. The SMILES string of the molecule is CCC(=O)CCCCC[C@H](NC(=O)C1CN(C(=O)OC(C)(C)C)C1)c1ncc(-c2cc(OC)c3ccccc3n2)[nH]1. The number of amides is 2. The number of benzene rings is 1. The molecule has 1 saturated heterocycles. The van der Waals surface area contributed by atoms with E-state index in [-0.39, 0.29) is 23.7 Å². The number of ether oxygens (including phenoxy) is 2. The van der Waals surface area contributed by atoms with Crippen LogP contribution in [0.1, 0.15) is 78.1 Å². The van der Waals surface area contributed by atoms with Crippen molar-refractivity contribution < 1.29 is 23.9 Å². The first kappa shape index (κ1) is 30.0. The van der Waals surface area contributed by atoms with Gasteiger partial charge in [0.2, 0.25) is 5.91 Å². The molecule has 1 aliphatic rings. The number of para-hydroxylation sites is 1. The molecule has 1 aliphatic heterocycles. The van der Waals surface area contributed by atoms with Gasteiger partial charge in [-0.15, -0.1) is 0 Å². The summed E-state index contributed by atoms with van der Waals surface area (Å²) in [5, 5.41) is 4.07. The quantitative estimate of drug-likeness (QED) is 0.275. The van der Waals surface area contributed by atoms with Gasteiger partial charge in [0.05, 0.1) is 42.2 Å². The van der Waals surface area contributed by atoms with Crippen LogP contribution in [0.15, 0.2) is 36.5 Å². The summed E-state index contributed by atoms with van der Waals surface area (Å²) in [6.45, 7) is 7.97. The number of rotatable bonds is 12. The van der Waals surface area contributed by atoms with Crippen LogP contribution >= 0.6 is 0 Å². The standard InChI is InChI=1S/C31H41N5O5/c1-6-21(37)12-8-7-9-15-24(35-29(38)20-18-36(19-20)30(39)41-31(2,3)4)28-32-17-26(34-28)25-16-27(40-5)22-13-10-11-14-23(22)33-25/h10-11,13-14,16-17,20,24H,6-9,12,15,18-19H2,1-5H3,(H,32,34)(H,35,38)/t24-/m0/s1. The average Bonchev–Trinajstić information content (AvgIpc) is 3.40. The number of likely N-dealkylation sites (tertiary alicyclic amines) is 1. The second-order valence-electron chi connectivity index (χ2n) is 11.5. The number of imidazole rings is 1. The molecule has 0 radical (unpaired) electrons. The molecule has 10 nitrogen and oxygen atoms in total. The normalized spacial score (nSPS) is 14.4. The van der Waals surface area contributed by atoms with Gasteiger partial charge in [-0.3, -0.25) is 9.59 Å². The molecule has 41 heavy (non-hydrogen) atoms. The summed E-state index contributed by atoms with van der Waals surface area (Å²) in [4.78, 5) is 51.5. The molecule has 0 bridgehead atoms. The van der Waals surface area contributed by atoms with Gasteiger partial charge in [0.15, 0.2) is 0 Å². The van der Waals surface area contributed by atoms with E-state index in [1.54, 1.807) is 18.2 Å². The summed E-state index contributed by atoms with van der Waals surface area (Å²) in [6, 6.07) is 9.30. The molecule has 0 saturated carbocycles. The van der Waals surface area contributed by atoms with Gasteiger partial charge >= 0.3 is 6.09 Å². The van der Waals surface area contributed by atoms with E-state index in [1.807, 2.05) is 58.0 Å². The fourth-order valence-corrected chi connectivity index (χ4v) is 4.81. The van der Waals surface area contributed by atoms with E-state index in [4.69, 9.17) is 14.5 Å². The fraction of sp³-hybridized carbons (Fsp3) is 0.516. The Labute approximate surface area is 241 Å².